The van der Waals surface area contributed by atoms with E-state index >= 15 is 0 Å². The molecule has 0 aliphatic carbocycles. The lowest BCUT2D eigenvalue weighted by Crippen LogP contribution is -2.29. The van der Waals surface area contributed by atoms with E-state index in [1.54, 1.807) is 0 Å². The zero-order chi connectivity index (χ0) is 21.3. The predicted molar refractivity (Wildman–Crippen MR) is 127 cm³/mol. The van der Waals surface area contributed by atoms with Crippen LogP contribution in [0.3, 0.4) is 0 Å². The van der Waals surface area contributed by atoms with Crippen molar-refractivity contribution < 1.29 is 4.79 Å². The number of nitrogens with zero attached hydrogens (tertiary/aromatic N) is 2. The third kappa shape index (κ3) is 6.91. The second kappa shape index (κ2) is 11.4. The van der Waals surface area contributed by atoms with E-state index in [1.165, 1.54) is 82.3 Å². The van der Waals surface area contributed by atoms with Gasteiger partial charge in [0.2, 0.25) is 0 Å². The molecule has 0 spiro atoms. The van der Waals surface area contributed by atoms with Crippen molar-refractivity contribution in [3.8, 4) is 0 Å². The Morgan fingerprint density at radius 3 is 1.55 bits per heavy atom. The van der Waals surface area contributed by atoms with Gasteiger partial charge >= 0.3 is 0 Å². The largest absolute Gasteiger partial charge is 0.348 e. The molecular weight excluding hydrogens is 382 g/mol. The molecule has 2 aromatic carbocycles. The summed E-state index contributed by atoms with van der Waals surface area (Å²) in [6.07, 6.45) is 9.34. The van der Waals surface area contributed by atoms with Crippen molar-refractivity contribution in [1.82, 2.24) is 15.1 Å². The first-order valence-electron chi connectivity index (χ1n) is 12.2. The van der Waals surface area contributed by atoms with Crippen LogP contribution in [0.2, 0.25) is 0 Å². The molecular formula is C27H37N3O. The molecule has 0 atom stereocenters. The summed E-state index contributed by atoms with van der Waals surface area (Å²) in [6, 6.07) is 16.8. The summed E-state index contributed by atoms with van der Waals surface area (Å²) in [5, 5.41) is 3.07. The molecule has 0 radical (unpaired) electrons. The van der Waals surface area contributed by atoms with Crippen molar-refractivity contribution in [2.24, 2.45) is 0 Å². The zero-order valence-corrected chi connectivity index (χ0v) is 18.8. The number of piperidine rings is 1. The first-order valence-corrected chi connectivity index (χ1v) is 12.2. The second-order valence-electron chi connectivity index (χ2n) is 9.22. The lowest BCUT2D eigenvalue weighted by molar-refractivity contribution is 0.0951. The normalized spacial score (nSPS) is 18.5. The van der Waals surface area contributed by atoms with Crippen molar-refractivity contribution in [3.63, 3.8) is 0 Å². The summed E-state index contributed by atoms with van der Waals surface area (Å²) in [7, 11) is 0. The molecule has 166 valence electrons. The number of benzene rings is 2. The van der Waals surface area contributed by atoms with Crippen LogP contribution >= 0.6 is 0 Å². The number of carbonyl (C=O) groups is 1. The number of rotatable bonds is 7. The third-order valence-electron chi connectivity index (χ3n) is 6.65. The van der Waals surface area contributed by atoms with Crippen molar-refractivity contribution in [3.05, 3.63) is 70.8 Å². The van der Waals surface area contributed by atoms with Crippen LogP contribution in [0, 0.1) is 0 Å². The molecule has 2 saturated heterocycles. The zero-order valence-electron chi connectivity index (χ0n) is 18.8. The molecule has 1 amide bonds. The van der Waals surface area contributed by atoms with Crippen LogP contribution in [-0.2, 0) is 19.6 Å². The van der Waals surface area contributed by atoms with Gasteiger partial charge < -0.3 is 5.32 Å². The van der Waals surface area contributed by atoms with Crippen LogP contribution in [-0.4, -0.2) is 41.9 Å². The maximum atomic E-state index is 12.6. The highest BCUT2D eigenvalue weighted by atomic mass is 16.1. The highest BCUT2D eigenvalue weighted by Crippen LogP contribution is 2.15. The minimum absolute atomic E-state index is 0.00119. The van der Waals surface area contributed by atoms with Crippen molar-refractivity contribution in [2.75, 3.05) is 26.2 Å². The van der Waals surface area contributed by atoms with Gasteiger partial charge in [-0.3, -0.25) is 14.6 Å². The van der Waals surface area contributed by atoms with Gasteiger partial charge in [0.1, 0.15) is 0 Å². The monoisotopic (exact) mass is 419 g/mol. The van der Waals surface area contributed by atoms with E-state index in [-0.39, 0.29) is 5.91 Å². The molecule has 4 rings (SSSR count). The molecule has 0 bridgehead atoms. The molecule has 2 fully saturated rings. The Bertz CT molecular complexity index is 801. The van der Waals surface area contributed by atoms with Gasteiger partial charge in [-0.2, -0.15) is 0 Å². The van der Waals surface area contributed by atoms with E-state index in [1.807, 2.05) is 12.1 Å². The number of nitrogens with one attached hydrogen (secondary N) is 1. The number of likely N-dealkylation sites (tertiary alicyclic amines) is 2. The average molecular weight is 420 g/mol. The predicted octanol–water partition coefficient (Wildman–Crippen LogP) is 4.98. The summed E-state index contributed by atoms with van der Waals surface area (Å²) in [5.41, 5.74) is 4.54. The molecule has 31 heavy (non-hydrogen) atoms. The topological polar surface area (TPSA) is 35.6 Å². The SMILES string of the molecule is O=C(NCc1ccc(CN2CCCCC2)cc1)c1ccc(CN2CCCCCC2)cc1. The molecule has 0 unspecified atom stereocenters. The van der Waals surface area contributed by atoms with Gasteiger partial charge in [0.25, 0.3) is 5.91 Å². The standard InChI is InChI=1S/C27H37N3O/c31-27(26-14-12-25(13-15-26)22-29-16-4-1-2-5-17-29)28-20-23-8-10-24(11-9-23)21-30-18-6-3-7-19-30/h8-15H,1-7,16-22H2,(H,28,31). The Hall–Kier alpha value is -2.17. The minimum Gasteiger partial charge on any atom is -0.348 e. The third-order valence-corrected chi connectivity index (χ3v) is 6.65. The molecule has 0 saturated carbocycles. The highest BCUT2D eigenvalue weighted by molar-refractivity contribution is 5.94. The first-order chi connectivity index (χ1) is 15.3. The summed E-state index contributed by atoms with van der Waals surface area (Å²) in [5.74, 6) is -0.00119. The lowest BCUT2D eigenvalue weighted by atomic mass is 10.1. The Labute approximate surface area is 187 Å². The molecule has 2 heterocycles. The molecule has 4 heteroatoms. The van der Waals surface area contributed by atoms with Crippen LogP contribution < -0.4 is 5.32 Å². The van der Waals surface area contributed by atoms with E-state index < -0.39 is 0 Å². The summed E-state index contributed by atoms with van der Waals surface area (Å²) >= 11 is 0. The quantitative estimate of drug-likeness (QED) is 0.688. The van der Waals surface area contributed by atoms with Gasteiger partial charge in [0.15, 0.2) is 0 Å². The number of hydrogen-bond donors (Lipinski definition) is 1. The molecule has 2 aliphatic heterocycles. The van der Waals surface area contributed by atoms with E-state index in [2.05, 4.69) is 51.5 Å². The van der Waals surface area contributed by atoms with E-state index in [0.717, 1.165) is 24.2 Å². The average Bonchev–Trinajstić information content (AvgIpc) is 3.08. The number of carbonyl (C=O) groups excluding carboxylic acids is 1. The van der Waals surface area contributed by atoms with Crippen LogP contribution in [0.1, 0.15) is 72.0 Å². The van der Waals surface area contributed by atoms with E-state index in [4.69, 9.17) is 0 Å². The maximum absolute atomic E-state index is 12.6. The number of hydrogen-bond acceptors (Lipinski definition) is 3. The summed E-state index contributed by atoms with van der Waals surface area (Å²) in [4.78, 5) is 17.6. The second-order valence-corrected chi connectivity index (χ2v) is 9.22. The Morgan fingerprint density at radius 2 is 1.03 bits per heavy atom. The molecule has 2 aliphatic rings. The van der Waals surface area contributed by atoms with Crippen LogP contribution in [0.25, 0.3) is 0 Å². The Kier molecular flexibility index (Phi) is 8.14. The first kappa shape index (κ1) is 22.0. The number of amides is 1. The van der Waals surface area contributed by atoms with Crippen molar-refractivity contribution >= 4 is 5.91 Å². The lowest BCUT2D eigenvalue weighted by Gasteiger charge is -2.26. The smallest absolute Gasteiger partial charge is 0.251 e. The van der Waals surface area contributed by atoms with Crippen molar-refractivity contribution in [2.45, 2.75) is 64.6 Å². The van der Waals surface area contributed by atoms with Crippen LogP contribution in [0.5, 0.6) is 0 Å². The fourth-order valence-corrected chi connectivity index (χ4v) is 4.74. The highest BCUT2D eigenvalue weighted by Gasteiger charge is 2.12. The van der Waals surface area contributed by atoms with Crippen LogP contribution in [0.4, 0.5) is 0 Å². The summed E-state index contributed by atoms with van der Waals surface area (Å²) < 4.78 is 0. The fraction of sp³-hybridized carbons (Fsp3) is 0.519. The van der Waals surface area contributed by atoms with E-state index in [0.29, 0.717) is 6.54 Å². The molecule has 2 aromatic rings. The van der Waals surface area contributed by atoms with Crippen molar-refractivity contribution in [1.29, 1.82) is 0 Å². The van der Waals surface area contributed by atoms with Gasteiger partial charge in [-0.05, 0) is 80.7 Å². The van der Waals surface area contributed by atoms with Crippen LogP contribution in [0.15, 0.2) is 48.5 Å². The maximum Gasteiger partial charge on any atom is 0.251 e. The fourth-order valence-electron chi connectivity index (χ4n) is 4.74. The van der Waals surface area contributed by atoms with Gasteiger partial charge in [-0.1, -0.05) is 55.7 Å². The van der Waals surface area contributed by atoms with Gasteiger partial charge in [0, 0.05) is 25.2 Å². The molecule has 1 N–H and O–H groups in total. The van der Waals surface area contributed by atoms with Gasteiger partial charge in [-0.25, -0.2) is 0 Å². The van der Waals surface area contributed by atoms with Gasteiger partial charge in [-0.15, -0.1) is 0 Å². The molecule has 4 nitrogen and oxygen atoms in total. The molecule has 0 aromatic heterocycles. The summed E-state index contributed by atoms with van der Waals surface area (Å²) in [6.45, 7) is 7.42. The van der Waals surface area contributed by atoms with E-state index in [9.17, 15) is 4.79 Å². The minimum atomic E-state index is -0.00119. The Balaban J connectivity index is 1.23. The van der Waals surface area contributed by atoms with Gasteiger partial charge in [0.05, 0.1) is 0 Å². The Morgan fingerprint density at radius 1 is 0.613 bits per heavy atom.